The predicted octanol–water partition coefficient (Wildman–Crippen LogP) is 2.89. The fraction of sp³-hybridized carbons (Fsp3) is 0.538. The van der Waals surface area contributed by atoms with Gasteiger partial charge in [-0.25, -0.2) is 0 Å². The van der Waals surface area contributed by atoms with Crippen molar-refractivity contribution in [3.8, 4) is 0 Å². The molecule has 17 heavy (non-hydrogen) atoms. The molecule has 0 spiro atoms. The molecule has 1 aliphatic rings. The molecule has 0 atom stereocenters. The summed E-state index contributed by atoms with van der Waals surface area (Å²) in [6, 6.07) is 6.74. The Labute approximate surface area is 103 Å². The highest BCUT2D eigenvalue weighted by Crippen LogP contribution is 2.42. The van der Waals surface area contributed by atoms with Crippen molar-refractivity contribution in [2.45, 2.75) is 44.1 Å². The normalized spacial score (nSPS) is 17.1. The van der Waals surface area contributed by atoms with Gasteiger partial charge in [-0.05, 0) is 51.7 Å². The van der Waals surface area contributed by atoms with Crippen LogP contribution in [-0.4, -0.2) is 14.0 Å². The second kappa shape index (κ2) is 4.10. The summed E-state index contributed by atoms with van der Waals surface area (Å²) in [5.74, 6) is 0.364. The highest BCUT2D eigenvalue weighted by molar-refractivity contribution is 7.86. The Morgan fingerprint density at radius 1 is 1.18 bits per heavy atom. The van der Waals surface area contributed by atoms with Gasteiger partial charge in [-0.1, -0.05) is 17.7 Å². The molecule has 0 amide bonds. The van der Waals surface area contributed by atoms with Crippen molar-refractivity contribution in [3.63, 3.8) is 0 Å². The molecule has 0 radical (unpaired) electrons. The molecule has 0 saturated heterocycles. The van der Waals surface area contributed by atoms with Gasteiger partial charge in [0.15, 0.2) is 0 Å². The van der Waals surface area contributed by atoms with Gasteiger partial charge in [0.25, 0.3) is 10.1 Å². The van der Waals surface area contributed by atoms with Gasteiger partial charge in [-0.3, -0.25) is 4.18 Å². The number of rotatable bonds is 4. The van der Waals surface area contributed by atoms with Crippen molar-refractivity contribution in [2.75, 3.05) is 0 Å². The molecule has 4 heteroatoms. The van der Waals surface area contributed by atoms with E-state index in [1.165, 1.54) is 0 Å². The minimum absolute atomic E-state index is 0.233. The minimum Gasteiger partial charge on any atom is -0.260 e. The van der Waals surface area contributed by atoms with Gasteiger partial charge in [-0.15, -0.1) is 0 Å². The van der Waals surface area contributed by atoms with Crippen molar-refractivity contribution in [1.82, 2.24) is 0 Å². The predicted molar refractivity (Wildman–Crippen MR) is 66.3 cm³/mol. The van der Waals surface area contributed by atoms with Crippen LogP contribution in [0.4, 0.5) is 0 Å². The SMILES string of the molecule is Cc1ccc(S(=O)(=O)OC(C)(C)C2CC2)cc1. The minimum atomic E-state index is -3.64. The van der Waals surface area contributed by atoms with Crippen LogP contribution in [0.1, 0.15) is 32.3 Å². The molecule has 1 saturated carbocycles. The van der Waals surface area contributed by atoms with E-state index in [4.69, 9.17) is 4.18 Å². The molecule has 0 aromatic heterocycles. The molecular formula is C13H18O3S. The third-order valence-electron chi connectivity index (χ3n) is 3.19. The molecule has 0 bridgehead atoms. The third kappa shape index (κ3) is 2.87. The van der Waals surface area contributed by atoms with Gasteiger partial charge in [0, 0.05) is 0 Å². The summed E-state index contributed by atoms with van der Waals surface area (Å²) in [6.45, 7) is 5.61. The number of benzene rings is 1. The molecule has 0 N–H and O–H groups in total. The summed E-state index contributed by atoms with van der Waals surface area (Å²) >= 11 is 0. The molecule has 0 aliphatic heterocycles. The fourth-order valence-corrected chi connectivity index (χ4v) is 3.15. The third-order valence-corrected chi connectivity index (χ3v) is 4.69. The Kier molecular flexibility index (Phi) is 3.04. The van der Waals surface area contributed by atoms with Crippen molar-refractivity contribution in [1.29, 1.82) is 0 Å². The van der Waals surface area contributed by atoms with Crippen LogP contribution in [-0.2, 0) is 14.3 Å². The van der Waals surface area contributed by atoms with E-state index in [1.54, 1.807) is 24.3 Å². The fourth-order valence-electron chi connectivity index (χ4n) is 1.88. The van der Waals surface area contributed by atoms with E-state index in [0.717, 1.165) is 18.4 Å². The highest BCUT2D eigenvalue weighted by Gasteiger charge is 2.42. The Morgan fingerprint density at radius 2 is 1.71 bits per heavy atom. The van der Waals surface area contributed by atoms with Gasteiger partial charge in [-0.2, -0.15) is 8.42 Å². The Morgan fingerprint density at radius 3 is 2.18 bits per heavy atom. The molecule has 94 valence electrons. The average Bonchev–Trinajstić information content (AvgIpc) is 2.99. The van der Waals surface area contributed by atoms with Crippen LogP contribution in [0, 0.1) is 12.8 Å². The van der Waals surface area contributed by atoms with Crippen molar-refractivity contribution in [3.05, 3.63) is 29.8 Å². The monoisotopic (exact) mass is 254 g/mol. The van der Waals surface area contributed by atoms with E-state index in [9.17, 15) is 8.42 Å². The van der Waals surface area contributed by atoms with Gasteiger partial charge in [0.2, 0.25) is 0 Å². The van der Waals surface area contributed by atoms with Crippen molar-refractivity contribution >= 4 is 10.1 Å². The standard InChI is InChI=1S/C13H18O3S/c1-10-4-8-12(9-5-10)17(14,15)16-13(2,3)11-6-7-11/h4-5,8-9,11H,6-7H2,1-3H3. The molecule has 0 heterocycles. The van der Waals surface area contributed by atoms with Gasteiger partial charge >= 0.3 is 0 Å². The smallest absolute Gasteiger partial charge is 0.260 e. The van der Waals surface area contributed by atoms with E-state index >= 15 is 0 Å². The summed E-state index contributed by atoms with van der Waals surface area (Å²) in [7, 11) is -3.64. The zero-order valence-corrected chi connectivity index (χ0v) is 11.3. The van der Waals surface area contributed by atoms with Gasteiger partial charge in [0.05, 0.1) is 10.5 Å². The zero-order chi connectivity index (χ0) is 12.7. The molecule has 1 aromatic carbocycles. The lowest BCUT2D eigenvalue weighted by Gasteiger charge is -2.24. The van der Waals surface area contributed by atoms with Crippen LogP contribution >= 0.6 is 0 Å². The molecule has 2 rings (SSSR count). The number of hydrogen-bond acceptors (Lipinski definition) is 3. The molecule has 1 fully saturated rings. The zero-order valence-electron chi connectivity index (χ0n) is 10.4. The first kappa shape index (κ1) is 12.6. The van der Waals surface area contributed by atoms with E-state index in [2.05, 4.69) is 0 Å². The second-order valence-electron chi connectivity index (χ2n) is 5.23. The molecule has 0 unspecified atom stereocenters. The van der Waals surface area contributed by atoms with Crippen molar-refractivity contribution < 1.29 is 12.6 Å². The van der Waals surface area contributed by atoms with Crippen LogP contribution in [0.3, 0.4) is 0 Å². The number of aryl methyl sites for hydroxylation is 1. The maximum atomic E-state index is 12.1. The Hall–Kier alpha value is -0.870. The van der Waals surface area contributed by atoms with E-state index in [-0.39, 0.29) is 4.90 Å². The maximum Gasteiger partial charge on any atom is 0.297 e. The lowest BCUT2D eigenvalue weighted by atomic mass is 10.0. The molecular weight excluding hydrogens is 236 g/mol. The van der Waals surface area contributed by atoms with Crippen LogP contribution in [0.2, 0.25) is 0 Å². The summed E-state index contributed by atoms with van der Waals surface area (Å²) in [5.41, 5.74) is 0.439. The summed E-state index contributed by atoms with van der Waals surface area (Å²) < 4.78 is 29.5. The maximum absolute atomic E-state index is 12.1. The Balaban J connectivity index is 2.21. The van der Waals surface area contributed by atoms with Crippen LogP contribution < -0.4 is 0 Å². The first-order chi connectivity index (χ1) is 7.81. The second-order valence-corrected chi connectivity index (χ2v) is 6.77. The molecule has 3 nitrogen and oxygen atoms in total. The quantitative estimate of drug-likeness (QED) is 0.776. The largest absolute Gasteiger partial charge is 0.297 e. The van der Waals surface area contributed by atoms with E-state index in [0.29, 0.717) is 5.92 Å². The lowest BCUT2D eigenvalue weighted by molar-refractivity contribution is 0.0933. The van der Waals surface area contributed by atoms with Crippen LogP contribution in [0.5, 0.6) is 0 Å². The first-order valence-corrected chi connectivity index (χ1v) is 7.24. The average molecular weight is 254 g/mol. The summed E-state index contributed by atoms with van der Waals surface area (Å²) in [5, 5.41) is 0. The topological polar surface area (TPSA) is 43.4 Å². The summed E-state index contributed by atoms with van der Waals surface area (Å²) in [6.07, 6.45) is 2.10. The van der Waals surface area contributed by atoms with Crippen LogP contribution in [0.15, 0.2) is 29.2 Å². The van der Waals surface area contributed by atoms with E-state index < -0.39 is 15.7 Å². The van der Waals surface area contributed by atoms with Gasteiger partial charge < -0.3 is 0 Å². The van der Waals surface area contributed by atoms with Gasteiger partial charge in [0.1, 0.15) is 0 Å². The summed E-state index contributed by atoms with van der Waals surface area (Å²) in [4.78, 5) is 0.233. The van der Waals surface area contributed by atoms with Crippen molar-refractivity contribution in [2.24, 2.45) is 5.92 Å². The Bertz CT molecular complexity index is 496. The lowest BCUT2D eigenvalue weighted by Crippen LogP contribution is -2.30. The molecule has 1 aliphatic carbocycles. The highest BCUT2D eigenvalue weighted by atomic mass is 32.2. The van der Waals surface area contributed by atoms with E-state index in [1.807, 2.05) is 20.8 Å². The number of hydrogen-bond donors (Lipinski definition) is 0. The molecule has 1 aromatic rings. The first-order valence-electron chi connectivity index (χ1n) is 5.83. The van der Waals surface area contributed by atoms with Crippen LogP contribution in [0.25, 0.3) is 0 Å².